The predicted octanol–water partition coefficient (Wildman–Crippen LogP) is 3.24. The van der Waals surface area contributed by atoms with Crippen LogP contribution in [0, 0.1) is 10.1 Å². The maximum absolute atomic E-state index is 12.4. The van der Waals surface area contributed by atoms with Gasteiger partial charge in [0.15, 0.2) is 0 Å². The third-order valence-electron chi connectivity index (χ3n) is 4.30. The highest BCUT2D eigenvalue weighted by Gasteiger charge is 2.40. The zero-order valence-corrected chi connectivity index (χ0v) is 15.6. The van der Waals surface area contributed by atoms with Crippen molar-refractivity contribution in [3.05, 3.63) is 52.1 Å². The van der Waals surface area contributed by atoms with Crippen molar-refractivity contribution in [1.82, 2.24) is 9.97 Å². The maximum atomic E-state index is 12.4. The minimum Gasteiger partial charge on any atom is -0.438 e. The van der Waals surface area contributed by atoms with E-state index in [1.165, 1.54) is 35.6 Å². The molecule has 10 nitrogen and oxygen atoms in total. The number of fused-ring (bicyclic) bond motifs is 1. The van der Waals surface area contributed by atoms with Crippen LogP contribution in [0.5, 0.6) is 0 Å². The first kappa shape index (κ1) is 19.2. The Bertz CT molecular complexity index is 945. The van der Waals surface area contributed by atoms with Gasteiger partial charge in [0, 0.05) is 30.6 Å². The summed E-state index contributed by atoms with van der Waals surface area (Å²) in [5, 5.41) is 14.1. The molecule has 2 amide bonds. The van der Waals surface area contributed by atoms with Crippen LogP contribution in [0.15, 0.2) is 30.7 Å². The highest BCUT2D eigenvalue weighted by atomic mass is 16.6. The van der Waals surface area contributed by atoms with Gasteiger partial charge in [-0.1, -0.05) is 6.92 Å². The largest absolute Gasteiger partial charge is 0.438 e. The summed E-state index contributed by atoms with van der Waals surface area (Å²) in [7, 11) is 0. The molecule has 1 aromatic heterocycles. The van der Waals surface area contributed by atoms with Gasteiger partial charge in [-0.3, -0.25) is 24.8 Å². The molecule has 0 radical (unpaired) electrons. The van der Waals surface area contributed by atoms with E-state index in [4.69, 9.17) is 4.74 Å². The number of nitro groups is 1. The van der Waals surface area contributed by atoms with E-state index in [9.17, 15) is 19.7 Å². The molecule has 0 unspecified atom stereocenters. The SMILES string of the molecule is CCCN1C(=O)OC(C)(C)c2cc(NC(=O)c3cnccn3)c([N+](=O)[O-])cc21. The average Bonchev–Trinajstić information content (AvgIpc) is 2.65. The number of carbonyl (C=O) groups excluding carboxylic acids is 2. The Hall–Kier alpha value is -3.56. The number of nitrogens with zero attached hydrogens (tertiary/aromatic N) is 4. The fraction of sp³-hybridized carbons (Fsp3) is 0.333. The summed E-state index contributed by atoms with van der Waals surface area (Å²) in [5.41, 5.74) is -0.386. The Morgan fingerprint density at radius 1 is 1.36 bits per heavy atom. The lowest BCUT2D eigenvalue weighted by atomic mass is 9.92. The third kappa shape index (κ3) is 3.48. The van der Waals surface area contributed by atoms with Crippen molar-refractivity contribution in [3.63, 3.8) is 0 Å². The lowest BCUT2D eigenvalue weighted by Crippen LogP contribution is -2.43. The molecular formula is C18H19N5O5. The van der Waals surface area contributed by atoms with Gasteiger partial charge in [-0.15, -0.1) is 0 Å². The van der Waals surface area contributed by atoms with Crippen molar-refractivity contribution in [2.45, 2.75) is 32.8 Å². The molecule has 1 aromatic carbocycles. The number of benzene rings is 1. The van der Waals surface area contributed by atoms with E-state index in [2.05, 4.69) is 15.3 Å². The highest BCUT2D eigenvalue weighted by molar-refractivity contribution is 6.04. The molecular weight excluding hydrogens is 366 g/mol. The summed E-state index contributed by atoms with van der Waals surface area (Å²) in [6, 6.07) is 2.76. The normalized spacial score (nSPS) is 14.8. The van der Waals surface area contributed by atoms with Gasteiger partial charge in [-0.25, -0.2) is 9.78 Å². The Morgan fingerprint density at radius 3 is 2.71 bits per heavy atom. The molecule has 0 aliphatic carbocycles. The highest BCUT2D eigenvalue weighted by Crippen LogP contribution is 2.43. The molecule has 2 aromatic rings. The van der Waals surface area contributed by atoms with Crippen LogP contribution in [0.25, 0.3) is 0 Å². The number of ether oxygens (including phenoxy) is 1. The number of hydrogen-bond acceptors (Lipinski definition) is 7. The van der Waals surface area contributed by atoms with Crippen molar-refractivity contribution >= 4 is 29.1 Å². The molecule has 1 N–H and O–H groups in total. The van der Waals surface area contributed by atoms with Crippen molar-refractivity contribution < 1.29 is 19.2 Å². The number of cyclic esters (lactones) is 1. The van der Waals surface area contributed by atoms with Crippen LogP contribution in [0.4, 0.5) is 21.9 Å². The minimum absolute atomic E-state index is 0.0122. The van der Waals surface area contributed by atoms with Gasteiger partial charge in [0.2, 0.25) is 0 Å². The van der Waals surface area contributed by atoms with Gasteiger partial charge >= 0.3 is 6.09 Å². The quantitative estimate of drug-likeness (QED) is 0.618. The van der Waals surface area contributed by atoms with E-state index in [1.54, 1.807) is 13.8 Å². The van der Waals surface area contributed by atoms with Gasteiger partial charge < -0.3 is 10.1 Å². The standard InChI is InChI=1S/C18H19N5O5/c1-4-7-22-14-9-15(23(26)27)12(8-11(14)18(2,3)28-17(22)25)21-16(24)13-10-19-5-6-20-13/h5-6,8-10H,4,7H2,1-3H3,(H,21,24). The van der Waals surface area contributed by atoms with Crippen LogP contribution >= 0.6 is 0 Å². The van der Waals surface area contributed by atoms with Crippen molar-refractivity contribution in [1.29, 1.82) is 0 Å². The summed E-state index contributed by atoms with van der Waals surface area (Å²) >= 11 is 0. The smallest absolute Gasteiger partial charge is 0.415 e. The van der Waals surface area contributed by atoms with E-state index >= 15 is 0 Å². The summed E-state index contributed by atoms with van der Waals surface area (Å²) in [6.07, 6.45) is 4.10. The van der Waals surface area contributed by atoms with Gasteiger partial charge in [-0.05, 0) is 26.3 Å². The first-order valence-corrected chi connectivity index (χ1v) is 8.65. The van der Waals surface area contributed by atoms with Gasteiger partial charge in [0.25, 0.3) is 11.6 Å². The van der Waals surface area contributed by atoms with Crippen LogP contribution in [0.2, 0.25) is 0 Å². The number of aromatic nitrogens is 2. The van der Waals surface area contributed by atoms with Crippen molar-refractivity contribution in [3.8, 4) is 0 Å². The molecule has 28 heavy (non-hydrogen) atoms. The summed E-state index contributed by atoms with van der Waals surface area (Å²) in [5.74, 6) is -0.632. The summed E-state index contributed by atoms with van der Waals surface area (Å²) < 4.78 is 5.49. The molecule has 0 spiro atoms. The number of rotatable bonds is 5. The van der Waals surface area contributed by atoms with E-state index in [1.807, 2.05) is 6.92 Å². The molecule has 146 valence electrons. The third-order valence-corrected chi connectivity index (χ3v) is 4.30. The Labute approximate surface area is 160 Å². The van der Waals surface area contributed by atoms with Crippen LogP contribution in [-0.4, -0.2) is 33.4 Å². The lowest BCUT2D eigenvalue weighted by Gasteiger charge is -2.38. The van der Waals surface area contributed by atoms with Crippen LogP contribution < -0.4 is 10.2 Å². The molecule has 1 aliphatic rings. The zero-order chi connectivity index (χ0) is 20.5. The second kappa shape index (κ2) is 7.22. The van der Waals surface area contributed by atoms with E-state index < -0.39 is 22.5 Å². The Kier molecular flexibility index (Phi) is 4.95. The predicted molar refractivity (Wildman–Crippen MR) is 100 cm³/mol. The fourth-order valence-corrected chi connectivity index (χ4v) is 3.00. The maximum Gasteiger partial charge on any atom is 0.415 e. The number of nitrogens with one attached hydrogen (secondary N) is 1. The summed E-state index contributed by atoms with van der Waals surface area (Å²) in [6.45, 7) is 5.61. The summed E-state index contributed by atoms with van der Waals surface area (Å²) in [4.78, 5) is 44.8. The van der Waals surface area contributed by atoms with Crippen LogP contribution in [0.1, 0.15) is 43.2 Å². The van der Waals surface area contributed by atoms with Crippen molar-refractivity contribution in [2.75, 3.05) is 16.8 Å². The molecule has 0 saturated heterocycles. The topological polar surface area (TPSA) is 128 Å². The minimum atomic E-state index is -1.02. The zero-order valence-electron chi connectivity index (χ0n) is 15.6. The fourth-order valence-electron chi connectivity index (χ4n) is 3.00. The molecule has 0 atom stereocenters. The Morgan fingerprint density at radius 2 is 2.11 bits per heavy atom. The average molecular weight is 385 g/mol. The second-order valence-electron chi connectivity index (χ2n) is 6.72. The number of nitro benzene ring substituents is 1. The molecule has 0 fully saturated rings. The van der Waals surface area contributed by atoms with E-state index in [0.29, 0.717) is 24.2 Å². The number of carbonyl (C=O) groups is 2. The van der Waals surface area contributed by atoms with E-state index in [0.717, 1.165) is 0 Å². The molecule has 0 saturated carbocycles. The first-order valence-electron chi connectivity index (χ1n) is 8.65. The number of amides is 2. The number of hydrogen-bond donors (Lipinski definition) is 1. The van der Waals surface area contributed by atoms with Crippen LogP contribution in [0.3, 0.4) is 0 Å². The molecule has 1 aliphatic heterocycles. The lowest BCUT2D eigenvalue weighted by molar-refractivity contribution is -0.383. The van der Waals surface area contributed by atoms with Gasteiger partial charge in [0.05, 0.1) is 16.8 Å². The van der Waals surface area contributed by atoms with Crippen molar-refractivity contribution in [2.24, 2.45) is 0 Å². The second-order valence-corrected chi connectivity index (χ2v) is 6.72. The number of anilines is 2. The first-order chi connectivity index (χ1) is 13.2. The molecule has 0 bridgehead atoms. The van der Waals surface area contributed by atoms with Gasteiger partial charge in [0.1, 0.15) is 17.0 Å². The van der Waals surface area contributed by atoms with Gasteiger partial charge in [-0.2, -0.15) is 0 Å². The molecule has 2 heterocycles. The molecule has 3 rings (SSSR count). The van der Waals surface area contributed by atoms with E-state index in [-0.39, 0.29) is 17.1 Å². The molecule has 10 heteroatoms. The Balaban J connectivity index is 2.10. The van der Waals surface area contributed by atoms with Crippen LogP contribution in [-0.2, 0) is 10.3 Å². The monoisotopic (exact) mass is 385 g/mol.